The summed E-state index contributed by atoms with van der Waals surface area (Å²) in [6, 6.07) is 0. The Hall–Kier alpha value is -0.220. The van der Waals surface area contributed by atoms with E-state index in [4.69, 9.17) is 4.98 Å². The summed E-state index contributed by atoms with van der Waals surface area (Å²) in [5.74, 6) is 1.64. The van der Waals surface area contributed by atoms with Gasteiger partial charge in [0.2, 0.25) is 0 Å². The Bertz CT molecular complexity index is 362. The smallest absolute Gasteiger partial charge is 0.185 e. The average Bonchev–Trinajstić information content (AvgIpc) is 2.73. The highest BCUT2D eigenvalue weighted by Crippen LogP contribution is 2.31. The molecule has 96 valence electrons. The highest BCUT2D eigenvalue weighted by molar-refractivity contribution is 7.79. The van der Waals surface area contributed by atoms with Crippen LogP contribution in [0.15, 0.2) is 0 Å². The Balaban J connectivity index is 2.14. The van der Waals surface area contributed by atoms with E-state index in [2.05, 4.69) is 31.4 Å². The van der Waals surface area contributed by atoms with E-state index < -0.39 is 0 Å². The van der Waals surface area contributed by atoms with E-state index in [1.165, 1.54) is 48.1 Å². The molecule has 1 aliphatic rings. The van der Waals surface area contributed by atoms with E-state index in [1.54, 1.807) is 0 Å². The molecule has 1 aromatic heterocycles. The van der Waals surface area contributed by atoms with Crippen LogP contribution in [0.1, 0.15) is 43.7 Å². The molecule has 1 atom stereocenters. The van der Waals surface area contributed by atoms with Gasteiger partial charge in [-0.2, -0.15) is 12.6 Å². The predicted octanol–water partition coefficient (Wildman–Crippen LogP) is 3.76. The standard InChI is InChI=1S/C13H22N2S2/c1-3-5-11-12(9-16)17-13(14-11)15-7-4-6-10(2)8-15/h10,16H,3-9H2,1-2H3. The molecule has 1 aromatic rings. The van der Waals surface area contributed by atoms with Crippen molar-refractivity contribution in [2.45, 2.75) is 45.3 Å². The number of hydrogen-bond donors (Lipinski definition) is 1. The summed E-state index contributed by atoms with van der Waals surface area (Å²) in [6.45, 7) is 6.90. The molecule has 17 heavy (non-hydrogen) atoms. The molecule has 0 bridgehead atoms. The second-order valence-corrected chi connectivity index (χ2v) is 6.35. The molecule has 0 saturated carbocycles. The second kappa shape index (κ2) is 6.10. The van der Waals surface area contributed by atoms with Crippen molar-refractivity contribution in [3.05, 3.63) is 10.6 Å². The monoisotopic (exact) mass is 270 g/mol. The summed E-state index contributed by atoms with van der Waals surface area (Å²) in [4.78, 5) is 8.65. The van der Waals surface area contributed by atoms with Crippen LogP contribution >= 0.6 is 24.0 Å². The van der Waals surface area contributed by atoms with Crippen LogP contribution in [0, 0.1) is 5.92 Å². The van der Waals surface area contributed by atoms with Gasteiger partial charge >= 0.3 is 0 Å². The number of hydrogen-bond acceptors (Lipinski definition) is 4. The van der Waals surface area contributed by atoms with E-state index in [1.807, 2.05) is 11.3 Å². The summed E-state index contributed by atoms with van der Waals surface area (Å²) < 4.78 is 0. The number of thiazole rings is 1. The normalized spacial score (nSPS) is 20.9. The van der Waals surface area contributed by atoms with E-state index in [0.717, 1.165) is 18.1 Å². The van der Waals surface area contributed by atoms with Gasteiger partial charge in [0.1, 0.15) is 0 Å². The maximum Gasteiger partial charge on any atom is 0.185 e. The largest absolute Gasteiger partial charge is 0.348 e. The van der Waals surface area contributed by atoms with Crippen LogP contribution in [0.25, 0.3) is 0 Å². The molecule has 2 rings (SSSR count). The lowest BCUT2D eigenvalue weighted by Gasteiger charge is -2.30. The number of piperidine rings is 1. The van der Waals surface area contributed by atoms with Gasteiger partial charge in [-0.15, -0.1) is 11.3 Å². The van der Waals surface area contributed by atoms with Crippen molar-refractivity contribution in [3.8, 4) is 0 Å². The Morgan fingerprint density at radius 1 is 1.53 bits per heavy atom. The molecule has 1 aliphatic heterocycles. The van der Waals surface area contributed by atoms with E-state index in [0.29, 0.717) is 0 Å². The zero-order valence-electron chi connectivity index (χ0n) is 10.8. The van der Waals surface area contributed by atoms with Gasteiger partial charge in [-0.1, -0.05) is 20.3 Å². The van der Waals surface area contributed by atoms with Crippen molar-refractivity contribution in [3.63, 3.8) is 0 Å². The zero-order chi connectivity index (χ0) is 12.3. The quantitative estimate of drug-likeness (QED) is 0.839. The minimum absolute atomic E-state index is 0.807. The molecule has 2 heterocycles. The van der Waals surface area contributed by atoms with Gasteiger partial charge in [-0.05, 0) is 25.2 Å². The molecular weight excluding hydrogens is 248 g/mol. The third kappa shape index (κ3) is 3.16. The first-order valence-corrected chi connectivity index (χ1v) is 8.03. The predicted molar refractivity (Wildman–Crippen MR) is 79.4 cm³/mol. The van der Waals surface area contributed by atoms with Crippen molar-refractivity contribution in [2.24, 2.45) is 5.92 Å². The lowest BCUT2D eigenvalue weighted by molar-refractivity contribution is 0.446. The zero-order valence-corrected chi connectivity index (χ0v) is 12.5. The van der Waals surface area contributed by atoms with Crippen LogP contribution in [0.4, 0.5) is 5.13 Å². The Morgan fingerprint density at radius 2 is 2.35 bits per heavy atom. The second-order valence-electron chi connectivity index (χ2n) is 4.97. The van der Waals surface area contributed by atoms with Crippen LogP contribution < -0.4 is 4.90 Å². The molecule has 1 saturated heterocycles. The number of rotatable bonds is 4. The molecule has 0 N–H and O–H groups in total. The van der Waals surface area contributed by atoms with Gasteiger partial charge < -0.3 is 4.90 Å². The molecule has 2 nitrogen and oxygen atoms in total. The Morgan fingerprint density at radius 3 is 3.00 bits per heavy atom. The number of aromatic nitrogens is 1. The van der Waals surface area contributed by atoms with Crippen LogP contribution in [-0.4, -0.2) is 18.1 Å². The molecule has 1 fully saturated rings. The van der Waals surface area contributed by atoms with E-state index >= 15 is 0 Å². The molecule has 0 aliphatic carbocycles. The van der Waals surface area contributed by atoms with Gasteiger partial charge in [0.25, 0.3) is 0 Å². The molecule has 0 aromatic carbocycles. The summed E-state index contributed by atoms with van der Waals surface area (Å²) in [7, 11) is 0. The third-order valence-corrected chi connectivity index (χ3v) is 5.01. The maximum atomic E-state index is 4.82. The Labute approximate surface area is 114 Å². The van der Waals surface area contributed by atoms with Crippen molar-refractivity contribution >= 4 is 29.1 Å². The lowest BCUT2D eigenvalue weighted by Crippen LogP contribution is -2.34. The highest BCUT2D eigenvalue weighted by atomic mass is 32.1. The summed E-state index contributed by atoms with van der Waals surface area (Å²) in [5, 5.41) is 1.23. The molecule has 4 heteroatoms. The third-order valence-electron chi connectivity index (χ3n) is 3.32. The van der Waals surface area contributed by atoms with Crippen LogP contribution in [0.5, 0.6) is 0 Å². The average molecular weight is 270 g/mol. The first-order chi connectivity index (χ1) is 8.24. The number of thiol groups is 1. The fraction of sp³-hybridized carbons (Fsp3) is 0.769. The molecule has 0 radical (unpaired) electrons. The van der Waals surface area contributed by atoms with Gasteiger partial charge in [-0.3, -0.25) is 0 Å². The van der Waals surface area contributed by atoms with Gasteiger partial charge in [0.15, 0.2) is 5.13 Å². The number of anilines is 1. The van der Waals surface area contributed by atoms with Crippen LogP contribution in [0.2, 0.25) is 0 Å². The van der Waals surface area contributed by atoms with Crippen molar-refractivity contribution in [1.82, 2.24) is 4.98 Å². The lowest BCUT2D eigenvalue weighted by atomic mass is 10.0. The minimum atomic E-state index is 0.807. The van der Waals surface area contributed by atoms with E-state index in [-0.39, 0.29) is 0 Å². The minimum Gasteiger partial charge on any atom is -0.348 e. The fourth-order valence-electron chi connectivity index (χ4n) is 2.42. The van der Waals surface area contributed by atoms with Crippen molar-refractivity contribution < 1.29 is 0 Å². The molecular formula is C13H22N2S2. The summed E-state index contributed by atoms with van der Waals surface area (Å²) >= 11 is 6.27. The molecule has 1 unspecified atom stereocenters. The van der Waals surface area contributed by atoms with Crippen LogP contribution in [-0.2, 0) is 12.2 Å². The van der Waals surface area contributed by atoms with Crippen molar-refractivity contribution in [1.29, 1.82) is 0 Å². The summed E-state index contributed by atoms with van der Waals surface area (Å²) in [5.41, 5.74) is 1.28. The summed E-state index contributed by atoms with van der Waals surface area (Å²) in [6.07, 6.45) is 4.93. The first kappa shape index (κ1) is 13.2. The topological polar surface area (TPSA) is 16.1 Å². The Kier molecular flexibility index (Phi) is 4.74. The van der Waals surface area contributed by atoms with Gasteiger partial charge in [0.05, 0.1) is 5.69 Å². The van der Waals surface area contributed by atoms with Crippen LogP contribution in [0.3, 0.4) is 0 Å². The molecule has 0 amide bonds. The highest BCUT2D eigenvalue weighted by Gasteiger charge is 2.20. The SMILES string of the molecule is CCCc1nc(N2CCCC(C)C2)sc1CS. The fourth-order valence-corrected chi connectivity index (χ4v) is 3.80. The van der Waals surface area contributed by atoms with Gasteiger partial charge in [-0.25, -0.2) is 4.98 Å². The van der Waals surface area contributed by atoms with Gasteiger partial charge in [0, 0.05) is 23.7 Å². The number of aryl methyl sites for hydroxylation is 1. The first-order valence-electron chi connectivity index (χ1n) is 6.59. The maximum absolute atomic E-state index is 4.82. The number of nitrogens with zero attached hydrogens (tertiary/aromatic N) is 2. The van der Waals surface area contributed by atoms with Crippen molar-refractivity contribution in [2.75, 3.05) is 18.0 Å². The van der Waals surface area contributed by atoms with E-state index in [9.17, 15) is 0 Å². The molecule has 0 spiro atoms.